The lowest BCUT2D eigenvalue weighted by Gasteiger charge is -2.39. The highest BCUT2D eigenvalue weighted by Crippen LogP contribution is 2.51. The Morgan fingerprint density at radius 1 is 1.46 bits per heavy atom. The highest BCUT2D eigenvalue weighted by atomic mass is 79.9. The molecule has 0 aliphatic heterocycles. The van der Waals surface area contributed by atoms with Gasteiger partial charge in [0.25, 0.3) is 0 Å². The molecule has 0 radical (unpaired) electrons. The van der Waals surface area contributed by atoms with Gasteiger partial charge >= 0.3 is 5.97 Å². The van der Waals surface area contributed by atoms with E-state index in [1.165, 1.54) is 0 Å². The topological polar surface area (TPSA) is 26.3 Å². The Balaban J connectivity index is 2.50. The van der Waals surface area contributed by atoms with E-state index >= 15 is 0 Å². The van der Waals surface area contributed by atoms with E-state index in [4.69, 9.17) is 4.74 Å². The maximum atomic E-state index is 11.6. The highest BCUT2D eigenvalue weighted by Gasteiger charge is 2.48. The average molecular weight is 314 g/mol. The second-order valence-corrected chi connectivity index (χ2v) is 8.28. The molecular formula is C9H14Br2O2. The molecule has 0 spiro atoms. The largest absolute Gasteiger partial charge is 0.460 e. The van der Waals surface area contributed by atoms with Crippen LogP contribution >= 0.6 is 31.9 Å². The number of halogens is 2. The van der Waals surface area contributed by atoms with Crippen molar-refractivity contribution in [2.75, 3.05) is 0 Å². The Morgan fingerprint density at radius 3 is 2.23 bits per heavy atom. The number of hydrogen-bond acceptors (Lipinski definition) is 2. The van der Waals surface area contributed by atoms with Crippen molar-refractivity contribution in [1.29, 1.82) is 0 Å². The number of hydrogen-bond donors (Lipinski definition) is 0. The summed E-state index contributed by atoms with van der Waals surface area (Å²) in [6, 6.07) is 0. The van der Waals surface area contributed by atoms with E-state index in [-0.39, 0.29) is 20.7 Å². The summed E-state index contributed by atoms with van der Waals surface area (Å²) in [4.78, 5) is 11.6. The van der Waals surface area contributed by atoms with Gasteiger partial charge in [-0.1, -0.05) is 31.9 Å². The molecule has 0 N–H and O–H groups in total. The quantitative estimate of drug-likeness (QED) is 0.549. The van der Waals surface area contributed by atoms with Gasteiger partial charge in [-0.25, -0.2) is 0 Å². The van der Waals surface area contributed by atoms with Gasteiger partial charge in [0.1, 0.15) is 5.60 Å². The van der Waals surface area contributed by atoms with Gasteiger partial charge in [-0.3, -0.25) is 4.79 Å². The van der Waals surface area contributed by atoms with Crippen LogP contribution in [0.25, 0.3) is 0 Å². The molecule has 0 aromatic carbocycles. The van der Waals surface area contributed by atoms with E-state index in [0.717, 1.165) is 12.8 Å². The number of carbonyl (C=O) groups excluding carboxylic acids is 1. The summed E-state index contributed by atoms with van der Waals surface area (Å²) in [7, 11) is 0. The molecule has 1 atom stereocenters. The van der Waals surface area contributed by atoms with Crippen LogP contribution in [0.5, 0.6) is 0 Å². The molecule has 0 heterocycles. The molecule has 0 bridgehead atoms. The third-order valence-corrected chi connectivity index (χ3v) is 3.87. The fraction of sp³-hybridized carbons (Fsp3) is 0.889. The fourth-order valence-electron chi connectivity index (χ4n) is 1.17. The molecule has 1 rings (SSSR count). The summed E-state index contributed by atoms with van der Waals surface area (Å²) < 4.78 is 5.06. The van der Waals surface area contributed by atoms with Crippen LogP contribution in [0.15, 0.2) is 0 Å². The lowest BCUT2D eigenvalue weighted by molar-refractivity contribution is -0.162. The number of rotatable bonds is 1. The second-order valence-electron chi connectivity index (χ2n) is 4.39. The maximum Gasteiger partial charge on any atom is 0.311 e. The van der Waals surface area contributed by atoms with Crippen LogP contribution in [0.2, 0.25) is 0 Å². The Bertz CT molecular complexity index is 218. The first-order valence-electron chi connectivity index (χ1n) is 4.33. The molecule has 1 fully saturated rings. The first kappa shape index (κ1) is 11.5. The van der Waals surface area contributed by atoms with Gasteiger partial charge in [0.2, 0.25) is 0 Å². The van der Waals surface area contributed by atoms with Gasteiger partial charge < -0.3 is 4.74 Å². The van der Waals surface area contributed by atoms with Crippen LogP contribution in [0, 0.1) is 5.92 Å². The van der Waals surface area contributed by atoms with Crippen molar-refractivity contribution in [1.82, 2.24) is 0 Å². The molecule has 1 unspecified atom stereocenters. The number of carbonyl (C=O) groups is 1. The molecule has 76 valence electrons. The molecule has 13 heavy (non-hydrogen) atoms. The van der Waals surface area contributed by atoms with E-state index in [1.54, 1.807) is 0 Å². The molecule has 1 saturated carbocycles. The van der Waals surface area contributed by atoms with Crippen LogP contribution in [0.3, 0.4) is 0 Å². The number of ether oxygens (including phenoxy) is 1. The van der Waals surface area contributed by atoms with Crippen molar-refractivity contribution in [3.05, 3.63) is 0 Å². The van der Waals surface area contributed by atoms with E-state index in [1.807, 2.05) is 20.8 Å². The van der Waals surface area contributed by atoms with Crippen LogP contribution in [0.4, 0.5) is 0 Å². The Morgan fingerprint density at radius 2 is 2.00 bits per heavy atom. The molecule has 1 aliphatic carbocycles. The Hall–Kier alpha value is 0.430. The van der Waals surface area contributed by atoms with E-state index in [9.17, 15) is 4.79 Å². The van der Waals surface area contributed by atoms with Crippen LogP contribution in [-0.2, 0) is 9.53 Å². The van der Waals surface area contributed by atoms with Crippen molar-refractivity contribution in [2.45, 2.75) is 42.4 Å². The van der Waals surface area contributed by atoms with Crippen LogP contribution < -0.4 is 0 Å². The van der Waals surface area contributed by atoms with Crippen molar-refractivity contribution in [3.8, 4) is 0 Å². The second kappa shape index (κ2) is 3.54. The summed E-state index contributed by atoms with van der Waals surface area (Å²) in [5, 5.41) is 0. The summed E-state index contributed by atoms with van der Waals surface area (Å²) in [6.45, 7) is 5.65. The number of esters is 1. The lowest BCUT2D eigenvalue weighted by atomic mass is 9.85. The molecule has 0 aromatic rings. The summed E-state index contributed by atoms with van der Waals surface area (Å²) >= 11 is 6.91. The zero-order valence-electron chi connectivity index (χ0n) is 8.06. The minimum Gasteiger partial charge on any atom is -0.460 e. The normalized spacial score (nSPS) is 26.4. The number of alkyl halides is 2. The lowest BCUT2D eigenvalue weighted by Crippen LogP contribution is -2.44. The molecule has 0 amide bonds. The molecule has 4 heteroatoms. The standard InChI is InChI=1S/C9H14Br2O2/c1-8(2,3)13-7(12)6-4-5-9(6,10)11/h6H,4-5H2,1-3H3. The van der Waals surface area contributed by atoms with Gasteiger partial charge in [-0.2, -0.15) is 0 Å². The molecular weight excluding hydrogens is 300 g/mol. The highest BCUT2D eigenvalue weighted by molar-refractivity contribution is 9.25. The molecule has 0 aromatic heterocycles. The third kappa shape index (κ3) is 2.94. The van der Waals surface area contributed by atoms with E-state index in [2.05, 4.69) is 31.9 Å². The van der Waals surface area contributed by atoms with Crippen molar-refractivity contribution in [3.63, 3.8) is 0 Å². The SMILES string of the molecule is CC(C)(C)OC(=O)C1CCC1(Br)Br. The van der Waals surface area contributed by atoms with Gasteiger partial charge in [0, 0.05) is 0 Å². The first-order valence-corrected chi connectivity index (χ1v) is 5.92. The first-order chi connectivity index (χ1) is 5.72. The van der Waals surface area contributed by atoms with Gasteiger partial charge in [0.05, 0.1) is 9.15 Å². The Kier molecular flexibility index (Phi) is 3.13. The van der Waals surface area contributed by atoms with Crippen molar-refractivity contribution < 1.29 is 9.53 Å². The zero-order valence-corrected chi connectivity index (χ0v) is 11.2. The molecule has 2 nitrogen and oxygen atoms in total. The minimum absolute atomic E-state index is 0.0493. The van der Waals surface area contributed by atoms with Crippen molar-refractivity contribution >= 4 is 37.8 Å². The Labute approximate surface area is 95.7 Å². The maximum absolute atomic E-state index is 11.6. The van der Waals surface area contributed by atoms with E-state index < -0.39 is 0 Å². The minimum atomic E-state index is -0.386. The predicted molar refractivity (Wildman–Crippen MR) is 59.2 cm³/mol. The predicted octanol–water partition coefficient (Wildman–Crippen LogP) is 3.22. The molecule has 0 saturated heterocycles. The summed E-state index contributed by atoms with van der Waals surface area (Å²) in [6.07, 6.45) is 1.86. The van der Waals surface area contributed by atoms with E-state index in [0.29, 0.717) is 0 Å². The van der Waals surface area contributed by atoms with Gasteiger partial charge in [-0.15, -0.1) is 0 Å². The van der Waals surface area contributed by atoms with Gasteiger partial charge in [-0.05, 0) is 33.6 Å². The smallest absolute Gasteiger partial charge is 0.311 e. The monoisotopic (exact) mass is 312 g/mol. The average Bonchev–Trinajstić information content (AvgIpc) is 1.80. The zero-order chi connectivity index (χ0) is 10.3. The van der Waals surface area contributed by atoms with Gasteiger partial charge in [0.15, 0.2) is 0 Å². The third-order valence-electron chi connectivity index (χ3n) is 1.97. The summed E-state index contributed by atoms with van der Waals surface area (Å²) in [5.74, 6) is -0.167. The van der Waals surface area contributed by atoms with Crippen LogP contribution in [-0.4, -0.2) is 14.8 Å². The molecule has 1 aliphatic rings. The van der Waals surface area contributed by atoms with Crippen molar-refractivity contribution in [2.24, 2.45) is 5.92 Å². The fourth-order valence-corrected chi connectivity index (χ4v) is 2.46. The summed E-state index contributed by atoms with van der Waals surface area (Å²) in [5.41, 5.74) is -0.386. The van der Waals surface area contributed by atoms with Crippen LogP contribution in [0.1, 0.15) is 33.6 Å².